The number of methoxy groups -OCH3 is 1. The Balaban J connectivity index is 1.79. The number of fused-ring (bicyclic) bond motifs is 1. The second-order valence-corrected chi connectivity index (χ2v) is 5.84. The molecule has 1 heterocycles. The molecule has 1 N–H and O–H groups in total. The molecule has 0 saturated carbocycles. The largest absolute Gasteiger partial charge is 0.497 e. The molecule has 0 spiro atoms. The van der Waals surface area contributed by atoms with E-state index >= 15 is 0 Å². The Morgan fingerprint density at radius 1 is 1.14 bits per heavy atom. The van der Waals surface area contributed by atoms with Gasteiger partial charge in [-0.2, -0.15) is 0 Å². The monoisotopic (exact) mass is 314 g/mol. The highest BCUT2D eigenvalue weighted by molar-refractivity contribution is 7.19. The zero-order valence-corrected chi connectivity index (χ0v) is 12.7. The van der Waals surface area contributed by atoms with Crippen LogP contribution in [0, 0.1) is 0 Å². The number of aromatic carboxylic acids is 1. The minimum absolute atomic E-state index is 0.332. The molecule has 0 aliphatic carbocycles. The first-order chi connectivity index (χ1) is 10.7. The van der Waals surface area contributed by atoms with Crippen LogP contribution in [-0.2, 0) is 6.61 Å². The number of hydrogen-bond acceptors (Lipinski definition) is 4. The van der Waals surface area contributed by atoms with E-state index in [4.69, 9.17) is 9.47 Å². The Labute approximate surface area is 131 Å². The molecule has 3 aromatic rings. The van der Waals surface area contributed by atoms with E-state index in [1.54, 1.807) is 19.2 Å². The lowest BCUT2D eigenvalue weighted by Gasteiger charge is -2.05. The molecule has 0 radical (unpaired) electrons. The van der Waals surface area contributed by atoms with Crippen LogP contribution in [0.4, 0.5) is 0 Å². The fraction of sp³-hybridized carbons (Fsp3) is 0.118. The zero-order valence-electron chi connectivity index (χ0n) is 11.9. The van der Waals surface area contributed by atoms with Gasteiger partial charge in [0.1, 0.15) is 18.1 Å². The van der Waals surface area contributed by atoms with Gasteiger partial charge < -0.3 is 14.6 Å². The molecule has 0 aliphatic rings. The van der Waals surface area contributed by atoms with Gasteiger partial charge in [0.15, 0.2) is 0 Å². The van der Waals surface area contributed by atoms with Gasteiger partial charge in [-0.3, -0.25) is 0 Å². The topological polar surface area (TPSA) is 55.8 Å². The summed E-state index contributed by atoms with van der Waals surface area (Å²) < 4.78 is 11.6. The fourth-order valence-electron chi connectivity index (χ4n) is 2.18. The predicted octanol–water partition coefficient (Wildman–Crippen LogP) is 4.19. The second-order valence-electron chi connectivity index (χ2n) is 4.71. The first-order valence-corrected chi connectivity index (χ1v) is 7.50. The average Bonchev–Trinajstić information content (AvgIpc) is 2.96. The minimum Gasteiger partial charge on any atom is -0.497 e. The number of carbonyl (C=O) groups is 1. The average molecular weight is 314 g/mol. The van der Waals surface area contributed by atoms with E-state index in [0.29, 0.717) is 12.2 Å². The molecule has 0 aliphatic heterocycles. The van der Waals surface area contributed by atoms with Crippen molar-refractivity contribution in [2.24, 2.45) is 0 Å². The van der Waals surface area contributed by atoms with Crippen molar-refractivity contribution in [2.75, 3.05) is 7.11 Å². The maximum Gasteiger partial charge on any atom is 0.337 e. The van der Waals surface area contributed by atoms with Crippen LogP contribution in [0.15, 0.2) is 48.5 Å². The molecule has 0 bridgehead atoms. The van der Waals surface area contributed by atoms with Crippen molar-refractivity contribution in [2.45, 2.75) is 6.61 Å². The van der Waals surface area contributed by atoms with Gasteiger partial charge in [-0.15, -0.1) is 11.3 Å². The maximum atomic E-state index is 11.2. The summed E-state index contributed by atoms with van der Waals surface area (Å²) in [4.78, 5) is 12.2. The lowest BCUT2D eigenvalue weighted by molar-refractivity contribution is 0.0699. The Kier molecular flexibility index (Phi) is 3.98. The third-order valence-corrected chi connectivity index (χ3v) is 4.42. The van der Waals surface area contributed by atoms with Crippen LogP contribution in [0.5, 0.6) is 11.5 Å². The van der Waals surface area contributed by atoms with E-state index in [1.807, 2.05) is 36.4 Å². The summed E-state index contributed by atoms with van der Waals surface area (Å²) in [5.41, 5.74) is 0.332. The smallest absolute Gasteiger partial charge is 0.337 e. The number of rotatable bonds is 5. The molecule has 5 heteroatoms. The number of hydrogen-bond donors (Lipinski definition) is 1. The van der Waals surface area contributed by atoms with Crippen molar-refractivity contribution in [3.63, 3.8) is 0 Å². The predicted molar refractivity (Wildman–Crippen MR) is 86.1 cm³/mol. The van der Waals surface area contributed by atoms with Crippen LogP contribution < -0.4 is 9.47 Å². The highest BCUT2D eigenvalue weighted by Gasteiger charge is 2.11. The van der Waals surface area contributed by atoms with Gasteiger partial charge in [-0.25, -0.2) is 4.79 Å². The molecule has 0 saturated heterocycles. The van der Waals surface area contributed by atoms with Crippen molar-refractivity contribution < 1.29 is 19.4 Å². The zero-order chi connectivity index (χ0) is 15.5. The maximum absolute atomic E-state index is 11.2. The lowest BCUT2D eigenvalue weighted by atomic mass is 10.1. The van der Waals surface area contributed by atoms with E-state index in [1.165, 1.54) is 11.3 Å². The minimum atomic E-state index is -0.907. The Bertz CT molecular complexity index is 805. The molecular weight excluding hydrogens is 300 g/mol. The number of thiophene rings is 1. The van der Waals surface area contributed by atoms with Gasteiger partial charge in [0.2, 0.25) is 0 Å². The Morgan fingerprint density at radius 3 is 2.55 bits per heavy atom. The SMILES string of the molecule is COc1ccc(OCc2cc3cccc(C(=O)O)c3s2)cc1. The number of ether oxygens (including phenoxy) is 2. The van der Waals surface area contributed by atoms with Crippen LogP contribution in [-0.4, -0.2) is 18.2 Å². The van der Waals surface area contributed by atoms with Crippen LogP contribution >= 0.6 is 11.3 Å². The molecule has 0 unspecified atom stereocenters. The summed E-state index contributed by atoms with van der Waals surface area (Å²) in [5.74, 6) is 0.618. The molecule has 22 heavy (non-hydrogen) atoms. The van der Waals surface area contributed by atoms with Crippen LogP contribution in [0.1, 0.15) is 15.2 Å². The number of carboxylic acids is 1. The van der Waals surface area contributed by atoms with Gasteiger partial charge in [0, 0.05) is 9.58 Å². The molecule has 1 aromatic heterocycles. The van der Waals surface area contributed by atoms with Gasteiger partial charge in [-0.05, 0) is 41.8 Å². The molecule has 0 amide bonds. The van der Waals surface area contributed by atoms with Gasteiger partial charge in [0.25, 0.3) is 0 Å². The van der Waals surface area contributed by atoms with Gasteiger partial charge >= 0.3 is 5.97 Å². The number of carboxylic acid groups (broad SMARTS) is 1. The molecule has 2 aromatic carbocycles. The quantitative estimate of drug-likeness (QED) is 0.767. The van der Waals surface area contributed by atoms with Crippen LogP contribution in [0.3, 0.4) is 0 Å². The normalized spacial score (nSPS) is 10.6. The Hall–Kier alpha value is -2.53. The van der Waals surface area contributed by atoms with Gasteiger partial charge in [0.05, 0.1) is 12.7 Å². The van der Waals surface area contributed by atoms with Crippen LogP contribution in [0.2, 0.25) is 0 Å². The second kappa shape index (κ2) is 6.07. The van der Waals surface area contributed by atoms with E-state index in [-0.39, 0.29) is 0 Å². The standard InChI is InChI=1S/C17H14O4S/c1-20-12-5-7-13(8-6-12)21-10-14-9-11-3-2-4-15(17(18)19)16(11)22-14/h2-9H,10H2,1H3,(H,18,19). The summed E-state index contributed by atoms with van der Waals surface area (Å²) >= 11 is 1.45. The number of benzene rings is 2. The summed E-state index contributed by atoms with van der Waals surface area (Å²) in [6.45, 7) is 0.407. The summed E-state index contributed by atoms with van der Waals surface area (Å²) in [6.07, 6.45) is 0. The third-order valence-electron chi connectivity index (χ3n) is 3.27. The molecule has 112 valence electrons. The molecule has 3 rings (SSSR count). The molecule has 0 atom stereocenters. The molecule has 0 fully saturated rings. The summed E-state index contributed by atoms with van der Waals surface area (Å²) in [5, 5.41) is 10.1. The van der Waals surface area contributed by atoms with Crippen molar-refractivity contribution in [1.82, 2.24) is 0 Å². The third kappa shape index (κ3) is 2.89. The van der Waals surface area contributed by atoms with E-state index in [0.717, 1.165) is 26.5 Å². The molecular formula is C17H14O4S. The lowest BCUT2D eigenvalue weighted by Crippen LogP contribution is -1.94. The summed E-state index contributed by atoms with van der Waals surface area (Å²) in [6, 6.07) is 14.6. The van der Waals surface area contributed by atoms with Crippen molar-refractivity contribution in [1.29, 1.82) is 0 Å². The van der Waals surface area contributed by atoms with Gasteiger partial charge in [-0.1, -0.05) is 12.1 Å². The Morgan fingerprint density at radius 2 is 1.86 bits per heavy atom. The fourth-order valence-corrected chi connectivity index (χ4v) is 3.26. The van der Waals surface area contributed by atoms with Crippen molar-refractivity contribution in [3.8, 4) is 11.5 Å². The van der Waals surface area contributed by atoms with Crippen LogP contribution in [0.25, 0.3) is 10.1 Å². The summed E-state index contributed by atoms with van der Waals surface area (Å²) in [7, 11) is 1.62. The van der Waals surface area contributed by atoms with E-state index in [2.05, 4.69) is 0 Å². The first kappa shape index (κ1) is 14.4. The highest BCUT2D eigenvalue weighted by Crippen LogP contribution is 2.30. The first-order valence-electron chi connectivity index (χ1n) is 6.69. The van der Waals surface area contributed by atoms with Crippen molar-refractivity contribution in [3.05, 3.63) is 59.0 Å². The van der Waals surface area contributed by atoms with E-state index < -0.39 is 5.97 Å². The highest BCUT2D eigenvalue weighted by atomic mass is 32.1. The van der Waals surface area contributed by atoms with Crippen molar-refractivity contribution >= 4 is 27.4 Å². The van der Waals surface area contributed by atoms with E-state index in [9.17, 15) is 9.90 Å². The molecule has 4 nitrogen and oxygen atoms in total.